The molecule has 0 spiro atoms. The molecule has 0 aliphatic heterocycles. The standard InChI is InChI=1S/C15H12N2/c1-12(13-8-4-3-5-9-13)17-15-11-7-6-10-14(15)16-2/h3-11H,1H3. The van der Waals surface area contributed by atoms with E-state index in [0.717, 1.165) is 17.0 Å². The van der Waals surface area contributed by atoms with Gasteiger partial charge in [0.15, 0.2) is 0 Å². The van der Waals surface area contributed by atoms with E-state index in [4.69, 9.17) is 6.57 Å². The van der Waals surface area contributed by atoms with Gasteiger partial charge in [-0.25, -0.2) is 4.85 Å². The molecule has 2 heteroatoms. The zero-order valence-corrected chi connectivity index (χ0v) is 9.59. The van der Waals surface area contributed by atoms with Crippen molar-refractivity contribution in [2.24, 2.45) is 4.99 Å². The maximum absolute atomic E-state index is 7.09. The van der Waals surface area contributed by atoms with Crippen LogP contribution in [-0.4, -0.2) is 5.71 Å². The number of rotatable bonds is 2. The van der Waals surface area contributed by atoms with Gasteiger partial charge < -0.3 is 0 Å². The van der Waals surface area contributed by atoms with Gasteiger partial charge in [0.1, 0.15) is 0 Å². The van der Waals surface area contributed by atoms with E-state index in [-0.39, 0.29) is 0 Å². The number of benzene rings is 2. The average Bonchev–Trinajstić information content (AvgIpc) is 2.40. The molecule has 0 unspecified atom stereocenters. The minimum atomic E-state index is 0.586. The van der Waals surface area contributed by atoms with E-state index in [0.29, 0.717) is 5.69 Å². The van der Waals surface area contributed by atoms with Crippen molar-refractivity contribution in [3.8, 4) is 0 Å². The van der Waals surface area contributed by atoms with E-state index in [1.165, 1.54) is 0 Å². The third-order valence-electron chi connectivity index (χ3n) is 2.48. The molecule has 17 heavy (non-hydrogen) atoms. The Morgan fingerprint density at radius 1 is 1.00 bits per heavy atom. The highest BCUT2D eigenvalue weighted by Crippen LogP contribution is 2.27. The van der Waals surface area contributed by atoms with Crippen LogP contribution in [0, 0.1) is 6.57 Å². The molecule has 0 radical (unpaired) electrons. The SMILES string of the molecule is [C-]#[N+]c1ccccc1N=C(C)c1ccccc1. The van der Waals surface area contributed by atoms with Gasteiger partial charge in [-0.05, 0) is 18.6 Å². The minimum absolute atomic E-state index is 0.586. The zero-order chi connectivity index (χ0) is 12.1. The summed E-state index contributed by atoms with van der Waals surface area (Å²) < 4.78 is 0. The molecule has 0 atom stereocenters. The summed E-state index contributed by atoms with van der Waals surface area (Å²) in [5.74, 6) is 0. The van der Waals surface area contributed by atoms with Crippen LogP contribution in [0.3, 0.4) is 0 Å². The maximum Gasteiger partial charge on any atom is 0.212 e. The lowest BCUT2D eigenvalue weighted by Crippen LogP contribution is -1.92. The van der Waals surface area contributed by atoms with Gasteiger partial charge in [0.2, 0.25) is 5.69 Å². The van der Waals surface area contributed by atoms with Gasteiger partial charge in [0, 0.05) is 5.71 Å². The van der Waals surface area contributed by atoms with E-state index in [9.17, 15) is 0 Å². The van der Waals surface area contributed by atoms with Crippen molar-refractivity contribution in [2.75, 3.05) is 0 Å². The second kappa shape index (κ2) is 5.09. The van der Waals surface area contributed by atoms with E-state index >= 15 is 0 Å². The molecular weight excluding hydrogens is 208 g/mol. The molecule has 0 saturated carbocycles. The summed E-state index contributed by atoms with van der Waals surface area (Å²) >= 11 is 0. The second-order valence-corrected chi connectivity index (χ2v) is 3.66. The molecule has 2 nitrogen and oxygen atoms in total. The maximum atomic E-state index is 7.09. The quantitative estimate of drug-likeness (QED) is 0.527. The van der Waals surface area contributed by atoms with Crippen molar-refractivity contribution in [3.05, 3.63) is 71.6 Å². The third kappa shape index (κ3) is 2.59. The van der Waals surface area contributed by atoms with Crippen molar-refractivity contribution in [1.82, 2.24) is 0 Å². The predicted molar refractivity (Wildman–Crippen MR) is 71.0 cm³/mol. The molecule has 2 rings (SSSR count). The fourth-order valence-corrected chi connectivity index (χ4v) is 1.58. The molecule has 0 heterocycles. The van der Waals surface area contributed by atoms with E-state index < -0.39 is 0 Å². The summed E-state index contributed by atoms with van der Waals surface area (Å²) in [4.78, 5) is 7.96. The minimum Gasteiger partial charge on any atom is -0.265 e. The Morgan fingerprint density at radius 3 is 2.35 bits per heavy atom. The topological polar surface area (TPSA) is 16.7 Å². The summed E-state index contributed by atoms with van der Waals surface area (Å²) in [5, 5.41) is 0. The van der Waals surface area contributed by atoms with Crippen LogP contribution < -0.4 is 0 Å². The summed E-state index contributed by atoms with van der Waals surface area (Å²) in [5.41, 5.74) is 3.31. The molecule has 2 aromatic carbocycles. The van der Waals surface area contributed by atoms with Crippen LogP contribution in [0.5, 0.6) is 0 Å². The fraction of sp³-hybridized carbons (Fsp3) is 0.0667. The van der Waals surface area contributed by atoms with Crippen LogP contribution in [-0.2, 0) is 0 Å². The van der Waals surface area contributed by atoms with Gasteiger partial charge in [-0.1, -0.05) is 48.5 Å². The van der Waals surface area contributed by atoms with E-state index in [1.807, 2.05) is 55.5 Å². The van der Waals surface area contributed by atoms with Crippen LogP contribution in [0.15, 0.2) is 59.6 Å². The van der Waals surface area contributed by atoms with Crippen LogP contribution >= 0.6 is 0 Å². The van der Waals surface area contributed by atoms with E-state index in [1.54, 1.807) is 6.07 Å². The summed E-state index contributed by atoms with van der Waals surface area (Å²) in [6.07, 6.45) is 0. The Balaban J connectivity index is 2.41. The first-order valence-electron chi connectivity index (χ1n) is 5.38. The van der Waals surface area contributed by atoms with Crippen molar-refractivity contribution >= 4 is 17.1 Å². The highest BCUT2D eigenvalue weighted by Gasteiger charge is 2.01. The number of para-hydroxylation sites is 2. The van der Waals surface area contributed by atoms with Crippen LogP contribution in [0.2, 0.25) is 0 Å². The molecule has 0 N–H and O–H groups in total. The summed E-state index contributed by atoms with van der Waals surface area (Å²) in [7, 11) is 0. The van der Waals surface area contributed by atoms with Gasteiger partial charge in [0.25, 0.3) is 0 Å². The third-order valence-corrected chi connectivity index (χ3v) is 2.48. The lowest BCUT2D eigenvalue weighted by molar-refractivity contribution is 1.48. The Bertz CT molecular complexity index is 577. The smallest absolute Gasteiger partial charge is 0.212 e. The Morgan fingerprint density at radius 2 is 1.65 bits per heavy atom. The Kier molecular flexibility index (Phi) is 3.32. The molecule has 0 saturated heterocycles. The predicted octanol–water partition coefficient (Wildman–Crippen LogP) is 4.38. The van der Waals surface area contributed by atoms with Gasteiger partial charge >= 0.3 is 0 Å². The number of hydrogen-bond acceptors (Lipinski definition) is 1. The molecule has 2 aromatic rings. The normalized spacial score (nSPS) is 10.9. The average molecular weight is 220 g/mol. The van der Waals surface area contributed by atoms with Gasteiger partial charge in [-0.2, -0.15) is 0 Å². The van der Waals surface area contributed by atoms with E-state index in [2.05, 4.69) is 9.84 Å². The van der Waals surface area contributed by atoms with Crippen molar-refractivity contribution in [1.29, 1.82) is 0 Å². The summed E-state index contributed by atoms with van der Waals surface area (Å²) in [6.45, 7) is 9.04. The molecule has 0 amide bonds. The number of hydrogen-bond donors (Lipinski definition) is 0. The number of aliphatic imine (C=N–C) groups is 1. The van der Waals surface area contributed by atoms with Gasteiger partial charge in [-0.15, -0.1) is 0 Å². The van der Waals surface area contributed by atoms with Crippen LogP contribution in [0.25, 0.3) is 4.85 Å². The first kappa shape index (κ1) is 11.1. The molecule has 82 valence electrons. The monoisotopic (exact) mass is 220 g/mol. The molecular formula is C15H12N2. The molecule has 0 aromatic heterocycles. The van der Waals surface area contributed by atoms with Gasteiger partial charge in [0.05, 0.1) is 12.3 Å². The Labute approximate surface area is 101 Å². The van der Waals surface area contributed by atoms with Crippen LogP contribution in [0.1, 0.15) is 12.5 Å². The number of nitrogens with zero attached hydrogens (tertiary/aromatic N) is 2. The van der Waals surface area contributed by atoms with Gasteiger partial charge in [-0.3, -0.25) is 4.99 Å². The van der Waals surface area contributed by atoms with Crippen LogP contribution in [0.4, 0.5) is 11.4 Å². The lowest BCUT2D eigenvalue weighted by Gasteiger charge is -2.02. The fourth-order valence-electron chi connectivity index (χ4n) is 1.58. The molecule has 0 bridgehead atoms. The first-order valence-corrected chi connectivity index (χ1v) is 5.38. The highest BCUT2D eigenvalue weighted by molar-refractivity contribution is 6.00. The van der Waals surface area contributed by atoms with Crippen molar-refractivity contribution < 1.29 is 0 Å². The summed E-state index contributed by atoms with van der Waals surface area (Å²) in [6, 6.07) is 17.4. The zero-order valence-electron chi connectivity index (χ0n) is 9.59. The first-order chi connectivity index (χ1) is 8.31. The lowest BCUT2D eigenvalue weighted by atomic mass is 10.1. The molecule has 0 aliphatic rings. The largest absolute Gasteiger partial charge is 0.265 e. The van der Waals surface area contributed by atoms with Crippen molar-refractivity contribution in [3.63, 3.8) is 0 Å². The second-order valence-electron chi connectivity index (χ2n) is 3.66. The molecule has 0 fully saturated rings. The molecule has 0 aliphatic carbocycles. The Hall–Kier alpha value is -2.40. The van der Waals surface area contributed by atoms with Crippen molar-refractivity contribution in [2.45, 2.75) is 6.92 Å². The highest BCUT2D eigenvalue weighted by atomic mass is 14.8.